The van der Waals surface area contributed by atoms with Gasteiger partial charge in [0.2, 0.25) is 0 Å². The van der Waals surface area contributed by atoms with Crippen LogP contribution in [-0.4, -0.2) is 31.1 Å². The largest absolute Gasteiger partial charge is 0.399 e. The fourth-order valence-electron chi connectivity index (χ4n) is 2.54. The Kier molecular flexibility index (Phi) is 4.29. The number of benzene rings is 1. The predicted molar refractivity (Wildman–Crippen MR) is 90.4 cm³/mol. The zero-order chi connectivity index (χ0) is 13.9. The Balaban J connectivity index is 1.57. The summed E-state index contributed by atoms with van der Waals surface area (Å²) in [6.07, 6.45) is 0. The van der Waals surface area contributed by atoms with Crippen molar-refractivity contribution < 1.29 is 0 Å². The maximum absolute atomic E-state index is 5.86. The first-order valence-electron chi connectivity index (χ1n) is 6.78. The summed E-state index contributed by atoms with van der Waals surface area (Å²) in [6.45, 7) is 5.39. The lowest BCUT2D eigenvalue weighted by Crippen LogP contribution is -2.45. The van der Waals surface area contributed by atoms with E-state index in [4.69, 9.17) is 5.73 Å². The highest BCUT2D eigenvalue weighted by atomic mass is 79.9. The van der Waals surface area contributed by atoms with E-state index in [9.17, 15) is 0 Å². The molecule has 5 heteroatoms. The summed E-state index contributed by atoms with van der Waals surface area (Å²) in [7, 11) is 0. The standard InChI is InChI=1S/C15H18BrN3S/c16-15-5-4-14(20-15)11-18-6-8-19(9-7-18)13-3-1-2-12(17)10-13/h1-5,10H,6-9,11,17H2. The van der Waals surface area contributed by atoms with Gasteiger partial charge >= 0.3 is 0 Å². The molecule has 0 amide bonds. The molecule has 2 heterocycles. The summed E-state index contributed by atoms with van der Waals surface area (Å²) in [5.74, 6) is 0. The first-order valence-corrected chi connectivity index (χ1v) is 8.39. The van der Waals surface area contributed by atoms with Gasteiger partial charge in [-0.15, -0.1) is 11.3 Å². The van der Waals surface area contributed by atoms with Gasteiger partial charge in [0.25, 0.3) is 0 Å². The normalized spacial score (nSPS) is 16.6. The number of halogens is 1. The van der Waals surface area contributed by atoms with Gasteiger partial charge in [-0.1, -0.05) is 6.07 Å². The van der Waals surface area contributed by atoms with Gasteiger partial charge in [0.05, 0.1) is 3.79 Å². The van der Waals surface area contributed by atoms with Crippen molar-refractivity contribution in [2.45, 2.75) is 6.54 Å². The Labute approximate surface area is 132 Å². The average Bonchev–Trinajstić information content (AvgIpc) is 2.85. The zero-order valence-electron chi connectivity index (χ0n) is 11.3. The van der Waals surface area contributed by atoms with Crippen LogP contribution in [0.4, 0.5) is 11.4 Å². The van der Waals surface area contributed by atoms with Gasteiger partial charge in [0.15, 0.2) is 0 Å². The van der Waals surface area contributed by atoms with Gasteiger partial charge < -0.3 is 10.6 Å². The molecular formula is C15H18BrN3S. The molecule has 3 rings (SSSR count). The lowest BCUT2D eigenvalue weighted by Gasteiger charge is -2.36. The fraction of sp³-hybridized carbons (Fsp3) is 0.333. The number of thiophene rings is 1. The highest BCUT2D eigenvalue weighted by molar-refractivity contribution is 9.11. The minimum atomic E-state index is 0.841. The van der Waals surface area contributed by atoms with E-state index < -0.39 is 0 Å². The van der Waals surface area contributed by atoms with Crippen molar-refractivity contribution in [1.29, 1.82) is 0 Å². The third kappa shape index (κ3) is 3.34. The van der Waals surface area contributed by atoms with Crippen LogP contribution in [0, 0.1) is 0 Å². The molecule has 1 saturated heterocycles. The van der Waals surface area contributed by atoms with Crippen molar-refractivity contribution in [3.05, 3.63) is 45.1 Å². The van der Waals surface area contributed by atoms with Crippen LogP contribution in [0.25, 0.3) is 0 Å². The van der Waals surface area contributed by atoms with Crippen molar-refractivity contribution in [1.82, 2.24) is 4.90 Å². The van der Waals surface area contributed by atoms with Gasteiger partial charge in [-0.3, -0.25) is 4.90 Å². The van der Waals surface area contributed by atoms with E-state index in [1.54, 1.807) is 0 Å². The number of nitrogens with two attached hydrogens (primary N) is 1. The second-order valence-corrected chi connectivity index (χ2v) is 7.61. The highest BCUT2D eigenvalue weighted by Crippen LogP contribution is 2.24. The molecule has 0 bridgehead atoms. The van der Waals surface area contributed by atoms with Gasteiger partial charge in [-0.25, -0.2) is 0 Å². The predicted octanol–water partition coefficient (Wildman–Crippen LogP) is 3.42. The number of rotatable bonds is 3. The van der Waals surface area contributed by atoms with Crippen molar-refractivity contribution >= 4 is 38.6 Å². The molecular weight excluding hydrogens is 334 g/mol. The average molecular weight is 352 g/mol. The number of nitrogens with zero attached hydrogens (tertiary/aromatic N) is 2. The van der Waals surface area contributed by atoms with E-state index >= 15 is 0 Å². The molecule has 2 aromatic rings. The molecule has 1 fully saturated rings. The molecule has 2 N–H and O–H groups in total. The van der Waals surface area contributed by atoms with Crippen LogP contribution in [0.2, 0.25) is 0 Å². The van der Waals surface area contributed by atoms with Gasteiger partial charge in [-0.2, -0.15) is 0 Å². The van der Waals surface area contributed by atoms with Crippen molar-refractivity contribution in [3.63, 3.8) is 0 Å². The molecule has 1 aromatic heterocycles. The molecule has 0 atom stereocenters. The third-order valence-corrected chi connectivity index (χ3v) is 5.22. The maximum atomic E-state index is 5.86. The zero-order valence-corrected chi connectivity index (χ0v) is 13.7. The minimum Gasteiger partial charge on any atom is -0.399 e. The molecule has 20 heavy (non-hydrogen) atoms. The number of hydrogen-bond donors (Lipinski definition) is 1. The summed E-state index contributed by atoms with van der Waals surface area (Å²) in [5, 5.41) is 0. The Morgan fingerprint density at radius 1 is 1.10 bits per heavy atom. The van der Waals surface area contributed by atoms with E-state index in [1.165, 1.54) is 14.4 Å². The van der Waals surface area contributed by atoms with Crippen LogP contribution in [0.3, 0.4) is 0 Å². The second kappa shape index (κ2) is 6.16. The monoisotopic (exact) mass is 351 g/mol. The molecule has 106 valence electrons. The first-order chi connectivity index (χ1) is 9.70. The highest BCUT2D eigenvalue weighted by Gasteiger charge is 2.17. The topological polar surface area (TPSA) is 32.5 Å². The Hall–Kier alpha value is -1.04. The molecule has 0 aliphatic carbocycles. The third-order valence-electron chi connectivity index (χ3n) is 3.62. The van der Waals surface area contributed by atoms with E-state index in [1.807, 2.05) is 23.5 Å². The number of anilines is 2. The number of piperazine rings is 1. The van der Waals surface area contributed by atoms with Gasteiger partial charge in [-0.05, 0) is 46.3 Å². The van der Waals surface area contributed by atoms with E-state index in [2.05, 4.69) is 50.0 Å². The molecule has 1 aliphatic heterocycles. The molecule has 1 aliphatic rings. The summed E-state index contributed by atoms with van der Waals surface area (Å²) in [4.78, 5) is 6.35. The van der Waals surface area contributed by atoms with E-state index in [0.29, 0.717) is 0 Å². The van der Waals surface area contributed by atoms with Gasteiger partial charge in [0, 0.05) is 49.0 Å². The van der Waals surface area contributed by atoms with Crippen LogP contribution in [-0.2, 0) is 6.54 Å². The first kappa shape index (κ1) is 13.9. The second-order valence-electron chi connectivity index (χ2n) is 5.06. The van der Waals surface area contributed by atoms with E-state index in [0.717, 1.165) is 38.4 Å². The lowest BCUT2D eigenvalue weighted by molar-refractivity contribution is 0.252. The maximum Gasteiger partial charge on any atom is 0.0701 e. The van der Waals surface area contributed by atoms with Crippen LogP contribution in [0.1, 0.15) is 4.88 Å². The number of hydrogen-bond acceptors (Lipinski definition) is 4. The summed E-state index contributed by atoms with van der Waals surface area (Å²) in [6, 6.07) is 12.5. The fourth-order valence-corrected chi connectivity index (χ4v) is 4.07. The van der Waals surface area contributed by atoms with Crippen LogP contribution >= 0.6 is 27.3 Å². The Morgan fingerprint density at radius 3 is 2.55 bits per heavy atom. The molecule has 0 spiro atoms. The van der Waals surface area contributed by atoms with Crippen LogP contribution in [0.5, 0.6) is 0 Å². The lowest BCUT2D eigenvalue weighted by atomic mass is 10.2. The number of nitrogen functional groups attached to an aromatic ring is 1. The van der Waals surface area contributed by atoms with E-state index in [-0.39, 0.29) is 0 Å². The smallest absolute Gasteiger partial charge is 0.0701 e. The molecule has 0 radical (unpaired) electrons. The molecule has 3 nitrogen and oxygen atoms in total. The summed E-state index contributed by atoms with van der Waals surface area (Å²) in [5.41, 5.74) is 7.94. The quantitative estimate of drug-likeness (QED) is 0.860. The molecule has 0 unspecified atom stereocenters. The van der Waals surface area contributed by atoms with Crippen molar-refractivity contribution in [2.24, 2.45) is 0 Å². The Morgan fingerprint density at radius 2 is 1.90 bits per heavy atom. The van der Waals surface area contributed by atoms with Crippen molar-refractivity contribution in [3.8, 4) is 0 Å². The Bertz CT molecular complexity index is 576. The minimum absolute atomic E-state index is 0.841. The van der Waals surface area contributed by atoms with Crippen LogP contribution in [0.15, 0.2) is 40.2 Å². The van der Waals surface area contributed by atoms with Crippen molar-refractivity contribution in [2.75, 3.05) is 36.8 Å². The summed E-state index contributed by atoms with van der Waals surface area (Å²) >= 11 is 5.35. The molecule has 0 saturated carbocycles. The summed E-state index contributed by atoms with van der Waals surface area (Å²) < 4.78 is 1.21. The molecule has 1 aromatic carbocycles. The van der Waals surface area contributed by atoms with Gasteiger partial charge in [0.1, 0.15) is 0 Å². The van der Waals surface area contributed by atoms with Crippen LogP contribution < -0.4 is 10.6 Å². The SMILES string of the molecule is Nc1cccc(N2CCN(Cc3ccc(Br)s3)CC2)c1.